The average Bonchev–Trinajstić information content (AvgIpc) is 2.75. The standard InChI is InChI=1S/C23H29FN4O2/c1-3-16(2)26-22(29)18-6-4-5-17(13-18)15-27-9-11-28(12-10-27)23(30)19-7-8-21(25)20(24)14-19/h4-8,13-14,16H,3,9-12,15,25H2,1-2H3,(H,26,29)/t16-/m1/s1. The third-order valence-electron chi connectivity index (χ3n) is 5.49. The van der Waals surface area contributed by atoms with Crippen molar-refractivity contribution in [3.8, 4) is 0 Å². The zero-order valence-electron chi connectivity index (χ0n) is 17.5. The van der Waals surface area contributed by atoms with E-state index in [0.717, 1.165) is 12.0 Å². The lowest BCUT2D eigenvalue weighted by Gasteiger charge is -2.35. The van der Waals surface area contributed by atoms with Gasteiger partial charge in [0.05, 0.1) is 5.69 Å². The van der Waals surface area contributed by atoms with E-state index < -0.39 is 5.82 Å². The molecule has 1 saturated heterocycles. The first-order valence-corrected chi connectivity index (χ1v) is 10.3. The number of rotatable bonds is 6. The minimum Gasteiger partial charge on any atom is -0.396 e. The van der Waals surface area contributed by atoms with Gasteiger partial charge in [-0.3, -0.25) is 14.5 Å². The number of piperazine rings is 1. The van der Waals surface area contributed by atoms with Crippen molar-refractivity contribution in [3.05, 3.63) is 65.0 Å². The predicted octanol–water partition coefficient (Wildman–Crippen LogP) is 2.89. The molecule has 0 saturated carbocycles. The Bertz CT molecular complexity index is 910. The summed E-state index contributed by atoms with van der Waals surface area (Å²) < 4.78 is 13.7. The number of hydrogen-bond donors (Lipinski definition) is 2. The van der Waals surface area contributed by atoms with Gasteiger partial charge in [0.2, 0.25) is 0 Å². The molecule has 2 amide bonds. The molecule has 0 aromatic heterocycles. The Kier molecular flexibility index (Phi) is 7.05. The van der Waals surface area contributed by atoms with Crippen LogP contribution in [0.15, 0.2) is 42.5 Å². The van der Waals surface area contributed by atoms with Gasteiger partial charge in [0, 0.05) is 49.9 Å². The van der Waals surface area contributed by atoms with Crippen LogP contribution in [0.5, 0.6) is 0 Å². The van der Waals surface area contributed by atoms with Crippen LogP contribution >= 0.6 is 0 Å². The topological polar surface area (TPSA) is 78.7 Å². The van der Waals surface area contributed by atoms with Crippen molar-refractivity contribution < 1.29 is 14.0 Å². The summed E-state index contributed by atoms with van der Waals surface area (Å²) in [5.41, 5.74) is 7.56. The molecule has 3 rings (SSSR count). The van der Waals surface area contributed by atoms with E-state index in [1.54, 1.807) is 11.0 Å². The highest BCUT2D eigenvalue weighted by atomic mass is 19.1. The van der Waals surface area contributed by atoms with Crippen molar-refractivity contribution in [3.63, 3.8) is 0 Å². The van der Waals surface area contributed by atoms with Gasteiger partial charge in [-0.1, -0.05) is 19.1 Å². The van der Waals surface area contributed by atoms with Crippen LogP contribution in [-0.2, 0) is 6.54 Å². The van der Waals surface area contributed by atoms with Crippen molar-refractivity contribution in [1.29, 1.82) is 0 Å². The lowest BCUT2D eigenvalue weighted by Crippen LogP contribution is -2.48. The van der Waals surface area contributed by atoms with Crippen LogP contribution in [-0.4, -0.2) is 53.8 Å². The Balaban J connectivity index is 1.55. The van der Waals surface area contributed by atoms with E-state index in [1.165, 1.54) is 12.1 Å². The smallest absolute Gasteiger partial charge is 0.254 e. The normalized spacial score (nSPS) is 15.6. The van der Waals surface area contributed by atoms with Crippen molar-refractivity contribution in [1.82, 2.24) is 15.1 Å². The summed E-state index contributed by atoms with van der Waals surface area (Å²) in [5, 5.41) is 2.99. The Labute approximate surface area is 176 Å². The van der Waals surface area contributed by atoms with Crippen molar-refractivity contribution in [2.45, 2.75) is 32.9 Å². The van der Waals surface area contributed by atoms with Crippen molar-refractivity contribution in [2.24, 2.45) is 0 Å². The fourth-order valence-corrected chi connectivity index (χ4v) is 3.43. The number of amides is 2. The van der Waals surface area contributed by atoms with E-state index in [-0.39, 0.29) is 23.5 Å². The molecule has 0 spiro atoms. The highest BCUT2D eigenvalue weighted by Gasteiger charge is 2.23. The van der Waals surface area contributed by atoms with Crippen LogP contribution in [0, 0.1) is 5.82 Å². The van der Waals surface area contributed by atoms with E-state index in [0.29, 0.717) is 43.9 Å². The number of anilines is 1. The molecule has 0 radical (unpaired) electrons. The molecule has 2 aromatic carbocycles. The van der Waals surface area contributed by atoms with Crippen LogP contribution < -0.4 is 11.1 Å². The van der Waals surface area contributed by atoms with Gasteiger partial charge in [-0.15, -0.1) is 0 Å². The summed E-state index contributed by atoms with van der Waals surface area (Å²) in [4.78, 5) is 29.0. The Morgan fingerprint density at radius 3 is 2.50 bits per heavy atom. The molecule has 1 fully saturated rings. The fourth-order valence-electron chi connectivity index (χ4n) is 3.43. The summed E-state index contributed by atoms with van der Waals surface area (Å²) in [6.45, 7) is 7.30. The molecule has 1 heterocycles. The maximum Gasteiger partial charge on any atom is 0.254 e. The number of halogens is 1. The Hall–Kier alpha value is -2.93. The molecule has 1 aliphatic heterocycles. The first-order valence-electron chi connectivity index (χ1n) is 10.3. The van der Waals surface area contributed by atoms with Gasteiger partial charge in [-0.2, -0.15) is 0 Å². The maximum absolute atomic E-state index is 13.7. The number of carbonyl (C=O) groups excluding carboxylic acids is 2. The molecule has 30 heavy (non-hydrogen) atoms. The molecule has 0 aliphatic carbocycles. The highest BCUT2D eigenvalue weighted by molar-refractivity contribution is 5.95. The number of nitrogens with zero attached hydrogens (tertiary/aromatic N) is 2. The molecular formula is C23H29FN4O2. The van der Waals surface area contributed by atoms with Crippen LogP contribution in [0.3, 0.4) is 0 Å². The molecule has 7 heteroatoms. The zero-order chi connectivity index (χ0) is 21.7. The molecule has 2 aromatic rings. The largest absolute Gasteiger partial charge is 0.396 e. The lowest BCUT2D eigenvalue weighted by atomic mass is 10.1. The molecule has 1 atom stereocenters. The van der Waals surface area contributed by atoms with Gasteiger partial charge in [-0.25, -0.2) is 4.39 Å². The minimum absolute atomic E-state index is 0.0384. The highest BCUT2D eigenvalue weighted by Crippen LogP contribution is 2.16. The van der Waals surface area contributed by atoms with Gasteiger partial charge in [-0.05, 0) is 49.2 Å². The molecule has 0 unspecified atom stereocenters. The van der Waals surface area contributed by atoms with E-state index in [2.05, 4.69) is 10.2 Å². The SMILES string of the molecule is CC[C@@H](C)NC(=O)c1cccc(CN2CCN(C(=O)c3ccc(N)c(F)c3)CC2)c1. The lowest BCUT2D eigenvalue weighted by molar-refractivity contribution is 0.0627. The first-order chi connectivity index (χ1) is 14.4. The number of nitrogen functional groups attached to an aromatic ring is 1. The molecule has 160 valence electrons. The monoisotopic (exact) mass is 412 g/mol. The second-order valence-electron chi connectivity index (χ2n) is 7.79. The molecule has 6 nitrogen and oxygen atoms in total. The maximum atomic E-state index is 13.7. The Morgan fingerprint density at radius 1 is 1.10 bits per heavy atom. The number of carbonyl (C=O) groups is 2. The second kappa shape index (κ2) is 9.71. The van der Waals surface area contributed by atoms with E-state index in [4.69, 9.17) is 5.73 Å². The second-order valence-corrected chi connectivity index (χ2v) is 7.79. The molecule has 0 bridgehead atoms. The molecule has 3 N–H and O–H groups in total. The molecular weight excluding hydrogens is 383 g/mol. The third-order valence-corrected chi connectivity index (χ3v) is 5.49. The zero-order valence-corrected chi connectivity index (χ0v) is 17.5. The quantitative estimate of drug-likeness (QED) is 0.715. The number of benzene rings is 2. The number of nitrogens with two attached hydrogens (primary N) is 1. The van der Waals surface area contributed by atoms with Crippen LogP contribution in [0.1, 0.15) is 46.5 Å². The summed E-state index contributed by atoms with van der Waals surface area (Å²) >= 11 is 0. The fraction of sp³-hybridized carbons (Fsp3) is 0.391. The summed E-state index contributed by atoms with van der Waals surface area (Å²) in [6, 6.07) is 12.0. The van der Waals surface area contributed by atoms with E-state index >= 15 is 0 Å². The van der Waals surface area contributed by atoms with E-state index in [1.807, 2.05) is 38.1 Å². The molecule has 1 aliphatic rings. The van der Waals surface area contributed by atoms with Gasteiger partial charge in [0.1, 0.15) is 5.82 Å². The average molecular weight is 413 g/mol. The van der Waals surface area contributed by atoms with E-state index in [9.17, 15) is 14.0 Å². The summed E-state index contributed by atoms with van der Waals surface area (Å²) in [7, 11) is 0. The van der Waals surface area contributed by atoms with Gasteiger partial charge >= 0.3 is 0 Å². The van der Waals surface area contributed by atoms with Crippen molar-refractivity contribution >= 4 is 17.5 Å². The predicted molar refractivity (Wildman–Crippen MR) is 116 cm³/mol. The van der Waals surface area contributed by atoms with Crippen LogP contribution in [0.25, 0.3) is 0 Å². The number of hydrogen-bond acceptors (Lipinski definition) is 4. The first kappa shape index (κ1) is 21.8. The van der Waals surface area contributed by atoms with Crippen LogP contribution in [0.2, 0.25) is 0 Å². The van der Waals surface area contributed by atoms with Gasteiger partial charge < -0.3 is 16.0 Å². The van der Waals surface area contributed by atoms with Gasteiger partial charge in [0.25, 0.3) is 11.8 Å². The van der Waals surface area contributed by atoms with Gasteiger partial charge in [0.15, 0.2) is 0 Å². The third kappa shape index (κ3) is 5.36. The summed E-state index contributed by atoms with van der Waals surface area (Å²) in [5.74, 6) is -0.814. The summed E-state index contributed by atoms with van der Waals surface area (Å²) in [6.07, 6.45) is 0.886. The Morgan fingerprint density at radius 2 is 1.83 bits per heavy atom. The number of nitrogens with one attached hydrogen (secondary N) is 1. The van der Waals surface area contributed by atoms with Crippen LogP contribution in [0.4, 0.5) is 10.1 Å². The van der Waals surface area contributed by atoms with Crippen molar-refractivity contribution in [2.75, 3.05) is 31.9 Å². The minimum atomic E-state index is -0.572.